The van der Waals surface area contributed by atoms with Gasteiger partial charge in [0.25, 0.3) is 0 Å². The number of tetrazole rings is 1. The van der Waals surface area contributed by atoms with Gasteiger partial charge in [-0.05, 0) is 58.9 Å². The van der Waals surface area contributed by atoms with Crippen LogP contribution in [0.2, 0.25) is 0 Å². The summed E-state index contributed by atoms with van der Waals surface area (Å²) in [5.74, 6) is 0.123. The molecule has 0 aromatic carbocycles. The van der Waals surface area contributed by atoms with E-state index >= 15 is 0 Å². The predicted octanol–water partition coefficient (Wildman–Crippen LogP) is 2.38. The second kappa shape index (κ2) is 7.06. The number of hydrogen-bond acceptors (Lipinski definition) is 5. The largest absolute Gasteiger partial charge is 0.337 e. The molecule has 1 aromatic heterocycles. The van der Waals surface area contributed by atoms with E-state index in [0.717, 1.165) is 0 Å². The third-order valence-corrected chi connectivity index (χ3v) is 3.98. The first-order valence-electron chi connectivity index (χ1n) is 7.02. The van der Waals surface area contributed by atoms with Gasteiger partial charge in [0.05, 0.1) is 11.3 Å². The molecular weight excluding hydrogens is 274 g/mol. The Labute approximate surface area is 125 Å². The van der Waals surface area contributed by atoms with Crippen LogP contribution in [0.15, 0.2) is 5.16 Å². The highest BCUT2D eigenvalue weighted by Gasteiger charge is 2.27. The van der Waals surface area contributed by atoms with Crippen molar-refractivity contribution in [1.82, 2.24) is 25.1 Å². The molecule has 7 heteroatoms. The van der Waals surface area contributed by atoms with E-state index in [1.165, 1.54) is 11.8 Å². The Morgan fingerprint density at radius 2 is 1.65 bits per heavy atom. The smallest absolute Gasteiger partial charge is 0.236 e. The Morgan fingerprint density at radius 3 is 2.10 bits per heavy atom. The minimum atomic E-state index is -0.205. The summed E-state index contributed by atoms with van der Waals surface area (Å²) < 4.78 is 1.74. The second-order valence-electron chi connectivity index (χ2n) is 5.69. The van der Waals surface area contributed by atoms with Gasteiger partial charge < -0.3 is 4.90 Å². The molecule has 0 N–H and O–H groups in total. The van der Waals surface area contributed by atoms with E-state index in [1.807, 2.05) is 53.4 Å². The molecule has 1 rings (SSSR count). The van der Waals surface area contributed by atoms with Crippen LogP contribution < -0.4 is 0 Å². The average molecular weight is 299 g/mol. The SMILES string of the molecule is CC(Sc1nnnn1C(C)C)C(=O)N(C(C)C)C(C)C. The van der Waals surface area contributed by atoms with Gasteiger partial charge in [-0.1, -0.05) is 11.8 Å². The van der Waals surface area contributed by atoms with Crippen LogP contribution in [0.3, 0.4) is 0 Å². The van der Waals surface area contributed by atoms with E-state index in [2.05, 4.69) is 15.5 Å². The summed E-state index contributed by atoms with van der Waals surface area (Å²) in [4.78, 5) is 14.5. The fourth-order valence-corrected chi connectivity index (χ4v) is 3.09. The molecule has 0 radical (unpaired) electrons. The fraction of sp³-hybridized carbons (Fsp3) is 0.846. The molecule has 1 aromatic rings. The third kappa shape index (κ3) is 3.94. The maximum atomic E-state index is 12.6. The topological polar surface area (TPSA) is 63.9 Å². The minimum absolute atomic E-state index is 0.123. The summed E-state index contributed by atoms with van der Waals surface area (Å²) in [6, 6.07) is 0.555. The van der Waals surface area contributed by atoms with Crippen LogP contribution in [0, 0.1) is 0 Å². The predicted molar refractivity (Wildman–Crippen MR) is 80.6 cm³/mol. The van der Waals surface area contributed by atoms with Crippen LogP contribution in [0.4, 0.5) is 0 Å². The molecule has 0 bridgehead atoms. The first kappa shape index (κ1) is 16.9. The van der Waals surface area contributed by atoms with E-state index in [9.17, 15) is 4.79 Å². The standard InChI is InChI=1S/C13H25N5OS/c1-8(2)17(9(3)4)12(19)11(7)20-13-14-15-16-18(13)10(5)6/h8-11H,1-7H3. The quantitative estimate of drug-likeness (QED) is 0.755. The maximum Gasteiger partial charge on any atom is 0.236 e. The summed E-state index contributed by atoms with van der Waals surface area (Å²) in [6.07, 6.45) is 0. The highest BCUT2D eigenvalue weighted by Crippen LogP contribution is 2.25. The van der Waals surface area contributed by atoms with E-state index in [0.29, 0.717) is 5.16 Å². The molecule has 0 aliphatic rings. The molecule has 0 fully saturated rings. The number of nitrogens with zero attached hydrogens (tertiary/aromatic N) is 5. The Bertz CT molecular complexity index is 436. The molecule has 1 atom stereocenters. The van der Waals surface area contributed by atoms with Gasteiger partial charge in [-0.2, -0.15) is 0 Å². The lowest BCUT2D eigenvalue weighted by Crippen LogP contribution is -2.45. The van der Waals surface area contributed by atoms with Crippen molar-refractivity contribution in [3.05, 3.63) is 0 Å². The van der Waals surface area contributed by atoms with Crippen molar-refractivity contribution in [2.45, 2.75) is 77.0 Å². The molecular formula is C13H25N5OS. The van der Waals surface area contributed by atoms with Crippen LogP contribution in [0.1, 0.15) is 54.5 Å². The molecule has 1 heterocycles. The molecule has 20 heavy (non-hydrogen) atoms. The zero-order valence-electron chi connectivity index (χ0n) is 13.4. The fourth-order valence-electron chi connectivity index (χ4n) is 2.11. The van der Waals surface area contributed by atoms with Gasteiger partial charge in [0.15, 0.2) is 0 Å². The van der Waals surface area contributed by atoms with E-state index in [-0.39, 0.29) is 29.3 Å². The van der Waals surface area contributed by atoms with Crippen molar-refractivity contribution in [1.29, 1.82) is 0 Å². The number of thioether (sulfide) groups is 1. The van der Waals surface area contributed by atoms with Crippen LogP contribution in [0.5, 0.6) is 0 Å². The Balaban J connectivity index is 2.82. The number of carbonyl (C=O) groups is 1. The van der Waals surface area contributed by atoms with Crippen molar-refractivity contribution in [2.75, 3.05) is 0 Å². The monoisotopic (exact) mass is 299 g/mol. The number of carbonyl (C=O) groups excluding carboxylic acids is 1. The number of rotatable bonds is 6. The minimum Gasteiger partial charge on any atom is -0.337 e. The lowest BCUT2D eigenvalue weighted by Gasteiger charge is -2.32. The van der Waals surface area contributed by atoms with Crippen LogP contribution in [-0.2, 0) is 4.79 Å². The molecule has 0 saturated heterocycles. The third-order valence-electron chi connectivity index (χ3n) is 2.95. The zero-order valence-corrected chi connectivity index (χ0v) is 14.2. The highest BCUT2D eigenvalue weighted by atomic mass is 32.2. The van der Waals surface area contributed by atoms with Gasteiger partial charge in [-0.3, -0.25) is 4.79 Å². The first-order chi connectivity index (χ1) is 9.25. The number of hydrogen-bond donors (Lipinski definition) is 0. The molecule has 0 aliphatic heterocycles. The van der Waals surface area contributed by atoms with Crippen molar-refractivity contribution in [3.63, 3.8) is 0 Å². The Hall–Kier alpha value is -1.11. The highest BCUT2D eigenvalue weighted by molar-refractivity contribution is 8.00. The summed E-state index contributed by atoms with van der Waals surface area (Å²) in [7, 11) is 0. The van der Waals surface area contributed by atoms with E-state index in [4.69, 9.17) is 0 Å². The summed E-state index contributed by atoms with van der Waals surface area (Å²) in [6.45, 7) is 14.1. The van der Waals surface area contributed by atoms with Crippen molar-refractivity contribution >= 4 is 17.7 Å². The molecule has 0 spiro atoms. The zero-order chi connectivity index (χ0) is 15.4. The van der Waals surface area contributed by atoms with Crippen molar-refractivity contribution in [3.8, 4) is 0 Å². The Kier molecular flexibility index (Phi) is 5.98. The number of amides is 1. The lowest BCUT2D eigenvalue weighted by molar-refractivity contribution is -0.133. The molecule has 0 saturated carbocycles. The normalized spacial score (nSPS) is 13.3. The number of aromatic nitrogens is 4. The molecule has 1 unspecified atom stereocenters. The maximum absolute atomic E-state index is 12.6. The first-order valence-corrected chi connectivity index (χ1v) is 7.90. The van der Waals surface area contributed by atoms with Crippen LogP contribution >= 0.6 is 11.8 Å². The van der Waals surface area contributed by atoms with Gasteiger partial charge >= 0.3 is 0 Å². The average Bonchev–Trinajstić information content (AvgIpc) is 2.75. The van der Waals surface area contributed by atoms with E-state index in [1.54, 1.807) is 4.68 Å². The van der Waals surface area contributed by atoms with Crippen molar-refractivity contribution < 1.29 is 4.79 Å². The van der Waals surface area contributed by atoms with Gasteiger partial charge in [0, 0.05) is 12.1 Å². The van der Waals surface area contributed by atoms with Gasteiger partial charge in [-0.15, -0.1) is 5.10 Å². The Morgan fingerprint density at radius 1 is 1.10 bits per heavy atom. The molecule has 6 nitrogen and oxygen atoms in total. The summed E-state index contributed by atoms with van der Waals surface area (Å²) in [5, 5.41) is 12.1. The second-order valence-corrected chi connectivity index (χ2v) is 7.00. The van der Waals surface area contributed by atoms with Gasteiger partial charge in [0.2, 0.25) is 11.1 Å². The van der Waals surface area contributed by atoms with Gasteiger partial charge in [0.1, 0.15) is 0 Å². The molecule has 0 aliphatic carbocycles. The molecule has 1 amide bonds. The summed E-state index contributed by atoms with van der Waals surface area (Å²) in [5.41, 5.74) is 0. The lowest BCUT2D eigenvalue weighted by atomic mass is 10.2. The van der Waals surface area contributed by atoms with Crippen molar-refractivity contribution in [2.24, 2.45) is 0 Å². The van der Waals surface area contributed by atoms with Crippen LogP contribution in [0.25, 0.3) is 0 Å². The van der Waals surface area contributed by atoms with Crippen LogP contribution in [-0.4, -0.2) is 48.3 Å². The summed E-state index contributed by atoms with van der Waals surface area (Å²) >= 11 is 1.41. The molecule has 114 valence electrons. The van der Waals surface area contributed by atoms with Gasteiger partial charge in [-0.25, -0.2) is 4.68 Å². The van der Waals surface area contributed by atoms with E-state index < -0.39 is 0 Å².